The first-order chi connectivity index (χ1) is 20.0. The summed E-state index contributed by atoms with van der Waals surface area (Å²) < 4.78 is 0. The number of aromatic amines is 2. The van der Waals surface area contributed by atoms with E-state index < -0.39 is 0 Å². The number of allylic oxidation sites excluding steroid dienone is 9. The SMILES string of the molecule is C=C/C(=C\C(=C/C)c1cnc2n[nH]c(-c3cc4c(C(/C=C\C)=C/C)cccc4[nH]3)c2c1)NC(=C)CC1CCCCC1. The van der Waals surface area contributed by atoms with Crippen LogP contribution in [0.5, 0.6) is 0 Å². The Bertz CT molecular complexity index is 1680. The van der Waals surface area contributed by atoms with E-state index in [1.54, 1.807) is 0 Å². The summed E-state index contributed by atoms with van der Waals surface area (Å²) in [6, 6.07) is 10.7. The third kappa shape index (κ3) is 6.19. The minimum Gasteiger partial charge on any atom is -0.359 e. The molecule has 0 unspecified atom stereocenters. The van der Waals surface area contributed by atoms with Crippen molar-refractivity contribution in [3.63, 3.8) is 0 Å². The molecule has 5 heteroatoms. The molecule has 1 fully saturated rings. The quantitative estimate of drug-likeness (QED) is 0.174. The van der Waals surface area contributed by atoms with Crippen molar-refractivity contribution in [1.29, 1.82) is 0 Å². The number of nitrogens with zero attached hydrogens (tertiary/aromatic N) is 2. The maximum atomic E-state index is 4.70. The molecule has 1 aromatic carbocycles. The van der Waals surface area contributed by atoms with Crippen molar-refractivity contribution in [2.75, 3.05) is 0 Å². The monoisotopic (exact) mass is 543 g/mol. The van der Waals surface area contributed by atoms with Crippen LogP contribution >= 0.6 is 0 Å². The molecule has 3 heterocycles. The number of fused-ring (bicyclic) bond motifs is 2. The molecular weight excluding hydrogens is 502 g/mol. The van der Waals surface area contributed by atoms with Gasteiger partial charge in [-0.2, -0.15) is 5.10 Å². The second-order valence-electron chi connectivity index (χ2n) is 10.9. The van der Waals surface area contributed by atoms with Gasteiger partial charge in [0.2, 0.25) is 0 Å². The third-order valence-corrected chi connectivity index (χ3v) is 8.07. The number of pyridine rings is 1. The highest BCUT2D eigenvalue weighted by atomic mass is 15.2. The standard InChI is InChI=1S/C36H41N5/c1-6-14-26(7-2)30-17-13-18-33-31(30)22-34(39-33)35-32-21-28(23-37-36(32)41-40-35)27(8-3)20-29(9-4)38-24(5)19-25-15-11-10-12-16-25/h6-9,13-14,17-18,20-23,25,38-39H,4-5,10-12,15-16,19H2,1-3H3,(H,37,40,41)/b14-6-,26-7+,27-8+,29-20+. The lowest BCUT2D eigenvalue weighted by Crippen LogP contribution is -2.15. The second kappa shape index (κ2) is 12.9. The molecule has 41 heavy (non-hydrogen) atoms. The first-order valence-electron chi connectivity index (χ1n) is 14.8. The highest BCUT2D eigenvalue weighted by Gasteiger charge is 2.16. The fourth-order valence-corrected chi connectivity index (χ4v) is 5.97. The smallest absolute Gasteiger partial charge is 0.181 e. The van der Waals surface area contributed by atoms with Gasteiger partial charge in [-0.15, -0.1) is 0 Å². The van der Waals surface area contributed by atoms with E-state index in [1.807, 2.05) is 26.1 Å². The van der Waals surface area contributed by atoms with Gasteiger partial charge in [0.05, 0.1) is 11.4 Å². The number of nitrogens with one attached hydrogen (secondary N) is 3. The number of rotatable bonds is 10. The summed E-state index contributed by atoms with van der Waals surface area (Å²) in [5.41, 5.74) is 10.1. The molecule has 5 nitrogen and oxygen atoms in total. The average molecular weight is 544 g/mol. The van der Waals surface area contributed by atoms with Gasteiger partial charge in [-0.05, 0) is 80.2 Å². The van der Waals surface area contributed by atoms with Gasteiger partial charge in [0, 0.05) is 39.4 Å². The van der Waals surface area contributed by atoms with Crippen LogP contribution in [0.4, 0.5) is 0 Å². The zero-order valence-corrected chi connectivity index (χ0v) is 24.6. The van der Waals surface area contributed by atoms with E-state index in [1.165, 1.54) is 48.6 Å². The minimum absolute atomic E-state index is 0.688. The van der Waals surface area contributed by atoms with Crippen molar-refractivity contribution in [3.8, 4) is 11.4 Å². The number of hydrogen-bond acceptors (Lipinski definition) is 3. The van der Waals surface area contributed by atoms with Crippen LogP contribution in [0.2, 0.25) is 0 Å². The van der Waals surface area contributed by atoms with E-state index in [9.17, 15) is 0 Å². The molecule has 0 bridgehead atoms. The van der Waals surface area contributed by atoms with Gasteiger partial charge in [-0.25, -0.2) is 4.98 Å². The van der Waals surface area contributed by atoms with E-state index in [-0.39, 0.29) is 0 Å². The molecule has 1 aliphatic carbocycles. The molecule has 1 aliphatic rings. The fourth-order valence-electron chi connectivity index (χ4n) is 5.97. The molecule has 210 valence electrons. The van der Waals surface area contributed by atoms with Crippen LogP contribution in [-0.4, -0.2) is 20.2 Å². The van der Waals surface area contributed by atoms with E-state index in [4.69, 9.17) is 4.98 Å². The first-order valence-corrected chi connectivity index (χ1v) is 14.8. The molecule has 0 amide bonds. The zero-order valence-electron chi connectivity index (χ0n) is 24.6. The van der Waals surface area contributed by atoms with E-state index in [2.05, 4.69) is 101 Å². The van der Waals surface area contributed by atoms with Crippen LogP contribution in [0.25, 0.3) is 44.5 Å². The van der Waals surface area contributed by atoms with Gasteiger partial charge >= 0.3 is 0 Å². The third-order valence-electron chi connectivity index (χ3n) is 8.07. The molecule has 5 rings (SSSR count). The predicted molar refractivity (Wildman–Crippen MR) is 175 cm³/mol. The molecular formula is C36H41N5. The normalized spacial score (nSPS) is 15.7. The molecule has 3 N–H and O–H groups in total. The Balaban J connectivity index is 1.45. The van der Waals surface area contributed by atoms with Gasteiger partial charge in [0.25, 0.3) is 0 Å². The van der Waals surface area contributed by atoms with Crippen molar-refractivity contribution in [2.45, 2.75) is 59.3 Å². The van der Waals surface area contributed by atoms with Gasteiger partial charge < -0.3 is 10.3 Å². The van der Waals surface area contributed by atoms with Crippen molar-refractivity contribution < 1.29 is 0 Å². The van der Waals surface area contributed by atoms with Crippen molar-refractivity contribution in [1.82, 2.24) is 25.5 Å². The van der Waals surface area contributed by atoms with Crippen molar-refractivity contribution in [3.05, 3.63) is 109 Å². The molecule has 1 saturated carbocycles. The second-order valence-corrected chi connectivity index (χ2v) is 10.9. The molecule has 0 radical (unpaired) electrons. The lowest BCUT2D eigenvalue weighted by molar-refractivity contribution is 0.353. The number of aromatic nitrogens is 4. The molecule has 0 aliphatic heterocycles. The number of H-pyrrole nitrogens is 2. The molecule has 0 spiro atoms. The average Bonchev–Trinajstić information content (AvgIpc) is 3.62. The highest BCUT2D eigenvalue weighted by molar-refractivity contribution is 6.00. The van der Waals surface area contributed by atoms with Crippen LogP contribution in [0.3, 0.4) is 0 Å². The highest BCUT2D eigenvalue weighted by Crippen LogP contribution is 2.34. The number of benzene rings is 1. The Morgan fingerprint density at radius 2 is 1.85 bits per heavy atom. The molecule has 0 atom stereocenters. The minimum atomic E-state index is 0.688. The lowest BCUT2D eigenvalue weighted by atomic mass is 9.86. The summed E-state index contributed by atoms with van der Waals surface area (Å²) in [7, 11) is 0. The van der Waals surface area contributed by atoms with Gasteiger partial charge in [-0.1, -0.05) is 81.7 Å². The fraction of sp³-hybridized carbons (Fsp3) is 0.278. The Hall–Kier alpha value is -4.38. The van der Waals surface area contributed by atoms with Crippen LogP contribution in [0.1, 0.15) is 70.4 Å². The zero-order chi connectivity index (χ0) is 28.8. The topological polar surface area (TPSA) is 69.4 Å². The molecule has 4 aromatic rings. The maximum Gasteiger partial charge on any atom is 0.181 e. The van der Waals surface area contributed by atoms with Crippen molar-refractivity contribution >= 4 is 33.1 Å². The summed E-state index contributed by atoms with van der Waals surface area (Å²) in [5, 5.41) is 13.4. The lowest BCUT2D eigenvalue weighted by Gasteiger charge is -2.23. The summed E-state index contributed by atoms with van der Waals surface area (Å²) in [6.45, 7) is 14.5. The van der Waals surface area contributed by atoms with Crippen LogP contribution in [0, 0.1) is 5.92 Å². The molecule has 0 saturated heterocycles. The van der Waals surface area contributed by atoms with E-state index in [0.717, 1.165) is 57.2 Å². The first kappa shape index (κ1) is 28.2. The van der Waals surface area contributed by atoms with Gasteiger partial charge in [0.1, 0.15) is 0 Å². The Morgan fingerprint density at radius 3 is 2.59 bits per heavy atom. The Morgan fingerprint density at radius 1 is 1.05 bits per heavy atom. The summed E-state index contributed by atoms with van der Waals surface area (Å²) in [5.74, 6) is 0.732. The van der Waals surface area contributed by atoms with Crippen LogP contribution in [0.15, 0.2) is 97.5 Å². The Kier molecular flexibility index (Phi) is 8.83. The van der Waals surface area contributed by atoms with Gasteiger partial charge in [-0.3, -0.25) is 5.10 Å². The van der Waals surface area contributed by atoms with Gasteiger partial charge in [0.15, 0.2) is 5.65 Å². The molecule has 3 aromatic heterocycles. The Labute approximate surface area is 243 Å². The summed E-state index contributed by atoms with van der Waals surface area (Å²) in [4.78, 5) is 8.30. The maximum absolute atomic E-state index is 4.70. The predicted octanol–water partition coefficient (Wildman–Crippen LogP) is 9.63. The van der Waals surface area contributed by atoms with E-state index in [0.29, 0.717) is 5.65 Å². The van der Waals surface area contributed by atoms with Crippen LogP contribution in [-0.2, 0) is 0 Å². The van der Waals surface area contributed by atoms with Crippen molar-refractivity contribution in [2.24, 2.45) is 5.92 Å². The van der Waals surface area contributed by atoms with Crippen LogP contribution < -0.4 is 5.32 Å². The summed E-state index contributed by atoms with van der Waals surface area (Å²) in [6.07, 6.45) is 22.0. The van der Waals surface area contributed by atoms with E-state index >= 15 is 0 Å². The summed E-state index contributed by atoms with van der Waals surface area (Å²) >= 11 is 0. The number of hydrogen-bond donors (Lipinski definition) is 3. The largest absolute Gasteiger partial charge is 0.359 e.